The molecule has 0 bridgehead atoms. The molecule has 0 fully saturated rings. The SMILES string of the molecule is Fc1ccc(-n2c(SCc3c(F)cccc3F)nnc2-c2ccco2)cc1. The number of furan rings is 1. The van der Waals surface area contributed by atoms with E-state index < -0.39 is 11.6 Å². The van der Waals surface area contributed by atoms with Crippen LogP contribution < -0.4 is 0 Å². The summed E-state index contributed by atoms with van der Waals surface area (Å²) in [5, 5.41) is 8.65. The Morgan fingerprint density at radius 1 is 0.889 bits per heavy atom. The number of halogens is 3. The Hall–Kier alpha value is -3.00. The molecule has 0 aliphatic carbocycles. The molecule has 0 spiro atoms. The van der Waals surface area contributed by atoms with E-state index >= 15 is 0 Å². The second-order valence-electron chi connectivity index (χ2n) is 5.58. The highest BCUT2D eigenvalue weighted by Crippen LogP contribution is 2.31. The van der Waals surface area contributed by atoms with Gasteiger partial charge in [0, 0.05) is 11.3 Å². The maximum Gasteiger partial charge on any atom is 0.205 e. The Labute approximate surface area is 156 Å². The normalized spacial score (nSPS) is 11.1. The molecule has 27 heavy (non-hydrogen) atoms. The van der Waals surface area contributed by atoms with E-state index in [0.29, 0.717) is 22.4 Å². The zero-order valence-corrected chi connectivity index (χ0v) is 14.6. The molecule has 136 valence electrons. The van der Waals surface area contributed by atoms with Gasteiger partial charge < -0.3 is 4.42 Å². The van der Waals surface area contributed by atoms with Gasteiger partial charge in [-0.2, -0.15) is 0 Å². The van der Waals surface area contributed by atoms with Crippen LogP contribution in [0, 0.1) is 17.5 Å². The number of benzene rings is 2. The second kappa shape index (κ2) is 7.32. The van der Waals surface area contributed by atoms with Gasteiger partial charge in [0.15, 0.2) is 10.9 Å². The summed E-state index contributed by atoms with van der Waals surface area (Å²) in [7, 11) is 0. The summed E-state index contributed by atoms with van der Waals surface area (Å²) >= 11 is 1.12. The fraction of sp³-hybridized carbons (Fsp3) is 0.0526. The molecule has 2 heterocycles. The van der Waals surface area contributed by atoms with Crippen LogP contribution in [-0.2, 0) is 5.75 Å². The molecule has 0 saturated carbocycles. The van der Waals surface area contributed by atoms with Gasteiger partial charge in [0.2, 0.25) is 5.82 Å². The van der Waals surface area contributed by atoms with Crippen LogP contribution >= 0.6 is 11.8 Å². The molecule has 0 unspecified atom stereocenters. The van der Waals surface area contributed by atoms with Gasteiger partial charge in [-0.25, -0.2) is 13.2 Å². The van der Waals surface area contributed by atoms with E-state index in [1.54, 1.807) is 28.8 Å². The van der Waals surface area contributed by atoms with Gasteiger partial charge in [0.1, 0.15) is 17.5 Å². The molecule has 2 aromatic carbocycles. The molecule has 0 aliphatic heterocycles. The maximum atomic E-state index is 13.9. The van der Waals surface area contributed by atoms with Crippen molar-refractivity contribution in [1.29, 1.82) is 0 Å². The Morgan fingerprint density at radius 3 is 2.30 bits per heavy atom. The molecule has 0 saturated heterocycles. The average Bonchev–Trinajstić information content (AvgIpc) is 3.31. The first-order chi connectivity index (χ1) is 13.1. The van der Waals surface area contributed by atoms with Crippen molar-refractivity contribution < 1.29 is 17.6 Å². The lowest BCUT2D eigenvalue weighted by Crippen LogP contribution is -2.00. The van der Waals surface area contributed by atoms with Crippen molar-refractivity contribution in [2.45, 2.75) is 10.9 Å². The van der Waals surface area contributed by atoms with Crippen molar-refractivity contribution in [3.63, 3.8) is 0 Å². The van der Waals surface area contributed by atoms with Crippen LogP contribution in [0.5, 0.6) is 0 Å². The minimum absolute atomic E-state index is 0.0238. The molecule has 0 radical (unpaired) electrons. The molecule has 8 heteroatoms. The quantitative estimate of drug-likeness (QED) is 0.440. The lowest BCUT2D eigenvalue weighted by atomic mass is 10.2. The third kappa shape index (κ3) is 3.48. The van der Waals surface area contributed by atoms with E-state index in [1.807, 2.05) is 0 Å². The van der Waals surface area contributed by atoms with Crippen molar-refractivity contribution in [1.82, 2.24) is 14.8 Å². The minimum atomic E-state index is -0.624. The van der Waals surface area contributed by atoms with E-state index in [-0.39, 0.29) is 17.1 Å². The monoisotopic (exact) mass is 387 g/mol. The zero-order valence-electron chi connectivity index (χ0n) is 13.8. The Kier molecular flexibility index (Phi) is 4.72. The predicted octanol–water partition coefficient (Wildman–Crippen LogP) is 5.24. The van der Waals surface area contributed by atoms with Crippen molar-refractivity contribution in [3.8, 4) is 17.3 Å². The molecule has 4 aromatic rings. The van der Waals surface area contributed by atoms with Crippen molar-refractivity contribution in [2.24, 2.45) is 0 Å². The third-order valence-electron chi connectivity index (χ3n) is 3.87. The molecule has 4 rings (SSSR count). The maximum absolute atomic E-state index is 13.9. The van der Waals surface area contributed by atoms with Gasteiger partial charge in [-0.05, 0) is 48.5 Å². The topological polar surface area (TPSA) is 43.9 Å². The Morgan fingerprint density at radius 2 is 1.63 bits per heavy atom. The van der Waals surface area contributed by atoms with Gasteiger partial charge >= 0.3 is 0 Å². The van der Waals surface area contributed by atoms with E-state index in [1.165, 1.54) is 36.6 Å². The first-order valence-corrected chi connectivity index (χ1v) is 8.93. The summed E-state index contributed by atoms with van der Waals surface area (Å²) in [5.41, 5.74) is 0.556. The summed E-state index contributed by atoms with van der Waals surface area (Å²) in [6.45, 7) is 0. The molecule has 0 atom stereocenters. The van der Waals surface area contributed by atoms with Gasteiger partial charge in [0.05, 0.1) is 12.0 Å². The third-order valence-corrected chi connectivity index (χ3v) is 4.82. The van der Waals surface area contributed by atoms with E-state index in [4.69, 9.17) is 4.42 Å². The van der Waals surface area contributed by atoms with Gasteiger partial charge in [-0.1, -0.05) is 17.8 Å². The predicted molar refractivity (Wildman–Crippen MR) is 94.9 cm³/mol. The molecule has 4 nitrogen and oxygen atoms in total. The molecule has 0 N–H and O–H groups in total. The fourth-order valence-electron chi connectivity index (χ4n) is 2.56. The van der Waals surface area contributed by atoms with E-state index in [0.717, 1.165) is 11.8 Å². The average molecular weight is 387 g/mol. The van der Waals surface area contributed by atoms with Crippen molar-refractivity contribution in [2.75, 3.05) is 0 Å². The number of hydrogen-bond acceptors (Lipinski definition) is 4. The number of rotatable bonds is 5. The Balaban J connectivity index is 1.73. The summed E-state index contributed by atoms with van der Waals surface area (Å²) < 4.78 is 48.2. The fourth-order valence-corrected chi connectivity index (χ4v) is 3.53. The van der Waals surface area contributed by atoms with Crippen LogP contribution in [0.15, 0.2) is 70.4 Å². The van der Waals surface area contributed by atoms with Gasteiger partial charge in [-0.3, -0.25) is 4.57 Å². The molecular weight excluding hydrogens is 375 g/mol. The highest BCUT2D eigenvalue weighted by atomic mass is 32.2. The van der Waals surface area contributed by atoms with Crippen LogP contribution in [0.4, 0.5) is 13.2 Å². The number of aromatic nitrogens is 3. The van der Waals surface area contributed by atoms with Crippen LogP contribution in [0.3, 0.4) is 0 Å². The van der Waals surface area contributed by atoms with Crippen molar-refractivity contribution >= 4 is 11.8 Å². The lowest BCUT2D eigenvalue weighted by molar-refractivity contribution is 0.566. The highest BCUT2D eigenvalue weighted by molar-refractivity contribution is 7.98. The van der Waals surface area contributed by atoms with Crippen molar-refractivity contribution in [3.05, 3.63) is 83.9 Å². The minimum Gasteiger partial charge on any atom is -0.461 e. The molecule has 0 aliphatic rings. The van der Waals surface area contributed by atoms with E-state index in [2.05, 4.69) is 10.2 Å². The number of nitrogens with zero attached hydrogens (tertiary/aromatic N) is 3. The summed E-state index contributed by atoms with van der Waals surface area (Å²) in [5.74, 6) is -0.730. The van der Waals surface area contributed by atoms with Crippen LogP contribution in [0.25, 0.3) is 17.3 Å². The van der Waals surface area contributed by atoms with E-state index in [9.17, 15) is 13.2 Å². The van der Waals surface area contributed by atoms with Gasteiger partial charge in [0.25, 0.3) is 0 Å². The first kappa shape index (κ1) is 17.4. The van der Waals surface area contributed by atoms with Crippen LogP contribution in [0.1, 0.15) is 5.56 Å². The Bertz CT molecular complexity index is 1040. The van der Waals surface area contributed by atoms with Gasteiger partial charge in [-0.15, -0.1) is 10.2 Å². The molecular formula is C19H12F3N3OS. The lowest BCUT2D eigenvalue weighted by Gasteiger charge is -2.10. The van der Waals surface area contributed by atoms with Crippen LogP contribution in [0.2, 0.25) is 0 Å². The number of thioether (sulfide) groups is 1. The summed E-state index contributed by atoms with van der Waals surface area (Å²) in [6.07, 6.45) is 1.50. The smallest absolute Gasteiger partial charge is 0.205 e. The summed E-state index contributed by atoms with van der Waals surface area (Å²) in [4.78, 5) is 0. The van der Waals surface area contributed by atoms with Crippen LogP contribution in [-0.4, -0.2) is 14.8 Å². The zero-order chi connectivity index (χ0) is 18.8. The molecule has 0 amide bonds. The standard InChI is InChI=1S/C19H12F3N3OS/c20-12-6-8-13(9-7-12)25-18(17-5-2-10-26-17)23-24-19(25)27-11-14-15(21)3-1-4-16(14)22/h1-10H,11H2. The first-order valence-electron chi connectivity index (χ1n) is 7.94. The largest absolute Gasteiger partial charge is 0.461 e. The second-order valence-corrected chi connectivity index (χ2v) is 6.53. The number of hydrogen-bond donors (Lipinski definition) is 0. The molecule has 2 aromatic heterocycles. The summed E-state index contributed by atoms with van der Waals surface area (Å²) in [6, 6.07) is 12.9. The highest BCUT2D eigenvalue weighted by Gasteiger charge is 2.19.